The van der Waals surface area contributed by atoms with Gasteiger partial charge in [-0.15, -0.1) is 0 Å². The summed E-state index contributed by atoms with van der Waals surface area (Å²) in [4.78, 5) is 10.4. The molecule has 0 aliphatic carbocycles. The van der Waals surface area contributed by atoms with Crippen molar-refractivity contribution >= 4 is 25.8 Å². The summed E-state index contributed by atoms with van der Waals surface area (Å²) >= 11 is 0. The number of hydrogen-bond donors (Lipinski definition) is 0. The van der Waals surface area contributed by atoms with Gasteiger partial charge in [0, 0.05) is 17.7 Å². The zero-order valence-electron chi connectivity index (χ0n) is 16.6. The average molecular weight is 382 g/mol. The molecule has 142 valence electrons. The highest BCUT2D eigenvalue weighted by Gasteiger charge is 2.39. The van der Waals surface area contributed by atoms with E-state index < -0.39 is 13.2 Å². The maximum Gasteiger partial charge on any atom is 0.269 e. The second kappa shape index (κ2) is 8.35. The smallest absolute Gasteiger partial charge is 0.269 e. The van der Waals surface area contributed by atoms with E-state index in [4.69, 9.17) is 4.43 Å². The monoisotopic (exact) mass is 381 g/mol. The first kappa shape index (κ1) is 20.6. The van der Waals surface area contributed by atoms with Gasteiger partial charge in [0.2, 0.25) is 0 Å². The van der Waals surface area contributed by atoms with Crippen molar-refractivity contribution in [1.29, 1.82) is 0 Å². The standard InChI is InChI=1S/C22H27NO3Si/c1-22(2,3)27(4,5)26-21(19-11-7-6-8-12-19)13-9-10-18-14-16-20(17-15-18)23(24)25/h6-17H,1-5H3/b10-9+,21-13-. The van der Waals surface area contributed by atoms with E-state index in [1.165, 1.54) is 12.1 Å². The molecule has 2 aromatic rings. The minimum Gasteiger partial charge on any atom is -0.543 e. The number of allylic oxidation sites excluding steroid dienone is 2. The van der Waals surface area contributed by atoms with Gasteiger partial charge in [-0.1, -0.05) is 63.3 Å². The van der Waals surface area contributed by atoms with Gasteiger partial charge < -0.3 is 4.43 Å². The molecule has 0 N–H and O–H groups in total. The highest BCUT2D eigenvalue weighted by atomic mass is 28.4. The van der Waals surface area contributed by atoms with E-state index in [0.29, 0.717) is 0 Å². The van der Waals surface area contributed by atoms with Gasteiger partial charge in [-0.05, 0) is 41.9 Å². The molecule has 2 aromatic carbocycles. The number of non-ortho nitro benzene ring substituents is 1. The van der Waals surface area contributed by atoms with E-state index in [1.54, 1.807) is 12.1 Å². The molecule has 0 saturated heterocycles. The van der Waals surface area contributed by atoms with E-state index in [2.05, 4.69) is 33.9 Å². The van der Waals surface area contributed by atoms with Crippen molar-refractivity contribution in [1.82, 2.24) is 0 Å². The van der Waals surface area contributed by atoms with Crippen LogP contribution in [0.25, 0.3) is 11.8 Å². The Morgan fingerprint density at radius 2 is 1.63 bits per heavy atom. The van der Waals surface area contributed by atoms with Gasteiger partial charge in [-0.25, -0.2) is 0 Å². The summed E-state index contributed by atoms with van der Waals surface area (Å²) in [6.07, 6.45) is 5.82. The molecule has 0 unspecified atom stereocenters. The Morgan fingerprint density at radius 3 is 2.15 bits per heavy atom. The van der Waals surface area contributed by atoms with Crippen LogP contribution in [0.5, 0.6) is 0 Å². The Balaban J connectivity index is 2.29. The lowest BCUT2D eigenvalue weighted by atomic mass is 10.1. The molecular formula is C22H27NO3Si. The molecule has 0 saturated carbocycles. The van der Waals surface area contributed by atoms with Crippen LogP contribution in [0.15, 0.2) is 66.7 Å². The number of nitro groups is 1. The third-order valence-corrected chi connectivity index (χ3v) is 9.21. The molecule has 0 aliphatic rings. The fourth-order valence-electron chi connectivity index (χ4n) is 2.17. The van der Waals surface area contributed by atoms with E-state index >= 15 is 0 Å². The summed E-state index contributed by atoms with van der Waals surface area (Å²) < 4.78 is 6.54. The van der Waals surface area contributed by atoms with Gasteiger partial charge in [0.15, 0.2) is 0 Å². The van der Waals surface area contributed by atoms with E-state index in [-0.39, 0.29) is 10.7 Å². The van der Waals surface area contributed by atoms with Crippen LogP contribution < -0.4 is 0 Å². The Kier molecular flexibility index (Phi) is 6.39. The second-order valence-electron chi connectivity index (χ2n) is 7.97. The first-order chi connectivity index (χ1) is 12.6. The second-order valence-corrected chi connectivity index (χ2v) is 12.7. The average Bonchev–Trinajstić information content (AvgIpc) is 2.61. The predicted octanol–water partition coefficient (Wildman–Crippen LogP) is 6.67. The summed E-state index contributed by atoms with van der Waals surface area (Å²) in [5, 5.41) is 10.9. The first-order valence-electron chi connectivity index (χ1n) is 8.97. The zero-order chi connectivity index (χ0) is 20.1. The van der Waals surface area contributed by atoms with Crippen LogP contribution in [-0.4, -0.2) is 13.2 Å². The van der Waals surface area contributed by atoms with Crippen molar-refractivity contribution in [3.8, 4) is 0 Å². The SMILES string of the molecule is CC(C)(C)[Si](C)(C)O/C(=C\C=C\c1ccc([N+](=O)[O-])cc1)c1ccccc1. The number of nitrogens with zero attached hydrogens (tertiary/aromatic N) is 1. The van der Waals surface area contributed by atoms with Crippen molar-refractivity contribution in [2.45, 2.75) is 38.9 Å². The van der Waals surface area contributed by atoms with Crippen LogP contribution in [-0.2, 0) is 4.43 Å². The van der Waals surface area contributed by atoms with Crippen LogP contribution >= 0.6 is 0 Å². The normalized spacial score (nSPS) is 13.0. The molecule has 0 heterocycles. The van der Waals surface area contributed by atoms with Crippen LogP contribution in [0.3, 0.4) is 0 Å². The number of nitro benzene ring substituents is 1. The predicted molar refractivity (Wildman–Crippen MR) is 115 cm³/mol. The molecular weight excluding hydrogens is 354 g/mol. The molecule has 27 heavy (non-hydrogen) atoms. The quantitative estimate of drug-likeness (QED) is 0.184. The lowest BCUT2D eigenvalue weighted by molar-refractivity contribution is -0.384. The molecule has 4 nitrogen and oxygen atoms in total. The van der Waals surface area contributed by atoms with Crippen LogP contribution in [0.1, 0.15) is 31.9 Å². The molecule has 5 heteroatoms. The molecule has 0 amide bonds. The zero-order valence-corrected chi connectivity index (χ0v) is 17.6. The Hall–Kier alpha value is -2.66. The van der Waals surface area contributed by atoms with E-state index in [9.17, 15) is 10.1 Å². The van der Waals surface area contributed by atoms with Crippen molar-refractivity contribution in [3.05, 3.63) is 88.0 Å². The summed E-state index contributed by atoms with van der Waals surface area (Å²) in [5.41, 5.74) is 2.03. The molecule has 0 bridgehead atoms. The fraction of sp³-hybridized carbons (Fsp3) is 0.273. The molecule has 0 aromatic heterocycles. The van der Waals surface area contributed by atoms with Gasteiger partial charge in [-0.3, -0.25) is 10.1 Å². The Labute approximate surface area is 162 Å². The van der Waals surface area contributed by atoms with Crippen molar-refractivity contribution < 1.29 is 9.35 Å². The van der Waals surface area contributed by atoms with E-state index in [0.717, 1.165) is 16.9 Å². The Morgan fingerprint density at radius 1 is 1.04 bits per heavy atom. The maximum atomic E-state index is 10.8. The van der Waals surface area contributed by atoms with Crippen molar-refractivity contribution in [3.63, 3.8) is 0 Å². The van der Waals surface area contributed by atoms with Gasteiger partial charge >= 0.3 is 0 Å². The largest absolute Gasteiger partial charge is 0.543 e. The number of hydrogen-bond acceptors (Lipinski definition) is 3. The van der Waals surface area contributed by atoms with Crippen molar-refractivity contribution in [2.75, 3.05) is 0 Å². The number of rotatable bonds is 6. The van der Waals surface area contributed by atoms with Gasteiger partial charge in [-0.2, -0.15) is 0 Å². The highest BCUT2D eigenvalue weighted by molar-refractivity contribution is 6.74. The molecule has 0 spiro atoms. The number of benzene rings is 2. The topological polar surface area (TPSA) is 52.4 Å². The summed E-state index contributed by atoms with van der Waals surface area (Å²) in [7, 11) is -1.98. The molecule has 0 atom stereocenters. The first-order valence-corrected chi connectivity index (χ1v) is 11.9. The molecule has 0 radical (unpaired) electrons. The minimum absolute atomic E-state index is 0.0916. The Bertz CT molecular complexity index is 832. The minimum atomic E-state index is -1.98. The third kappa shape index (κ3) is 5.66. The highest BCUT2D eigenvalue weighted by Crippen LogP contribution is 2.39. The van der Waals surface area contributed by atoms with Crippen LogP contribution in [0.2, 0.25) is 18.1 Å². The fourth-order valence-corrected chi connectivity index (χ4v) is 3.22. The van der Waals surface area contributed by atoms with Crippen molar-refractivity contribution in [2.24, 2.45) is 0 Å². The van der Waals surface area contributed by atoms with E-state index in [1.807, 2.05) is 48.6 Å². The molecule has 0 fully saturated rings. The third-order valence-electron chi connectivity index (χ3n) is 4.87. The summed E-state index contributed by atoms with van der Waals surface area (Å²) in [6, 6.07) is 16.5. The summed E-state index contributed by atoms with van der Waals surface area (Å²) in [6.45, 7) is 11.1. The lowest BCUT2D eigenvalue weighted by Crippen LogP contribution is -2.40. The summed E-state index contributed by atoms with van der Waals surface area (Å²) in [5.74, 6) is 0.848. The molecule has 0 aliphatic heterocycles. The van der Waals surface area contributed by atoms with Gasteiger partial charge in [0.25, 0.3) is 14.0 Å². The van der Waals surface area contributed by atoms with Gasteiger partial charge in [0.1, 0.15) is 5.76 Å². The van der Waals surface area contributed by atoms with Crippen LogP contribution in [0, 0.1) is 10.1 Å². The lowest BCUT2D eigenvalue weighted by Gasteiger charge is -2.37. The maximum absolute atomic E-state index is 10.8. The molecule has 2 rings (SSSR count). The van der Waals surface area contributed by atoms with Gasteiger partial charge in [0.05, 0.1) is 4.92 Å². The van der Waals surface area contributed by atoms with Crippen LogP contribution in [0.4, 0.5) is 5.69 Å².